The molecule has 0 unspecified atom stereocenters. The highest BCUT2D eigenvalue weighted by atomic mass is 16.5. The molecule has 0 atom stereocenters. The quantitative estimate of drug-likeness (QED) is 0.548. The minimum absolute atomic E-state index is 0.118. The largest absolute Gasteiger partial charge is 0.497 e. The Morgan fingerprint density at radius 1 is 1.03 bits per heavy atom. The van der Waals surface area contributed by atoms with Crippen LogP contribution in [0.4, 0.5) is 5.69 Å². The maximum absolute atomic E-state index is 10.4. The lowest BCUT2D eigenvalue weighted by Gasteiger charge is -1.99. The molecule has 146 valence electrons. The number of aromatic hydroxyl groups is 1. The number of methoxy groups -OCH3 is 1. The number of rotatable bonds is 4. The summed E-state index contributed by atoms with van der Waals surface area (Å²) in [5, 5.41) is 21.8. The van der Waals surface area contributed by atoms with E-state index in [-0.39, 0.29) is 5.88 Å². The average Bonchev–Trinajstić information content (AvgIpc) is 3.32. The van der Waals surface area contributed by atoms with Gasteiger partial charge < -0.3 is 14.8 Å². The van der Waals surface area contributed by atoms with E-state index in [1.807, 2.05) is 66.8 Å². The Morgan fingerprint density at radius 2 is 1.97 bits per heavy atom. The smallest absolute Gasteiger partial charge is 0.196 e. The van der Waals surface area contributed by atoms with Gasteiger partial charge >= 0.3 is 0 Å². The summed E-state index contributed by atoms with van der Waals surface area (Å²) in [6.45, 7) is 0. The number of nitrogens with zero attached hydrogens (tertiary/aromatic N) is 3. The number of pyridine rings is 1. The number of nitrogens with one attached hydrogen (secondary N) is 1. The predicted octanol–water partition coefficient (Wildman–Crippen LogP) is 4.02. The first-order chi connectivity index (χ1) is 14.7. The number of hydrogen-bond acceptors (Lipinski definition) is 5. The lowest BCUT2D eigenvalue weighted by Crippen LogP contribution is -2.08. The van der Waals surface area contributed by atoms with E-state index in [4.69, 9.17) is 4.74 Å². The molecule has 2 N–H and O–H groups in total. The Morgan fingerprint density at radius 3 is 2.80 bits per heavy atom. The summed E-state index contributed by atoms with van der Waals surface area (Å²) in [4.78, 5) is 7.11. The number of fused-ring (bicyclic) bond motifs is 2. The average molecular weight is 394 g/mol. The first kappa shape index (κ1) is 17.9. The Kier molecular flexibility index (Phi) is 4.37. The molecule has 2 aromatic carbocycles. The fourth-order valence-electron chi connectivity index (χ4n) is 3.49. The van der Waals surface area contributed by atoms with E-state index < -0.39 is 0 Å². The van der Waals surface area contributed by atoms with Crippen molar-refractivity contribution in [2.75, 3.05) is 7.11 Å². The summed E-state index contributed by atoms with van der Waals surface area (Å²) in [6, 6.07) is 15.5. The van der Waals surface area contributed by atoms with Crippen LogP contribution in [0.15, 0.2) is 77.2 Å². The third-order valence-electron chi connectivity index (χ3n) is 5.02. The number of aromatic amines is 1. The van der Waals surface area contributed by atoms with E-state index >= 15 is 0 Å². The highest BCUT2D eigenvalue weighted by Gasteiger charge is 2.10. The molecule has 0 spiro atoms. The standard InChI is InChI=1S/C24H18N4O2/c1-30-17-6-9-21-19(13-17)20(24(29)26-21)11-16-4-7-18-22(27-28-23(18)12-16)8-5-15-3-2-10-25-14-15/h2-14,26,29H,1H3/b8-5+,16-11?. The number of hydrogen-bond donors (Lipinski definition) is 2. The Bertz CT molecular complexity index is 1430. The van der Waals surface area contributed by atoms with E-state index in [0.717, 1.165) is 44.0 Å². The van der Waals surface area contributed by atoms with Crippen LogP contribution in [0.3, 0.4) is 0 Å². The van der Waals surface area contributed by atoms with Crippen LogP contribution in [0.1, 0.15) is 11.1 Å². The number of aromatic nitrogens is 2. The number of azo groups is 1. The fourth-order valence-corrected chi connectivity index (χ4v) is 3.49. The van der Waals surface area contributed by atoms with E-state index in [1.165, 1.54) is 0 Å². The zero-order valence-corrected chi connectivity index (χ0v) is 16.2. The van der Waals surface area contributed by atoms with Crippen molar-refractivity contribution in [2.24, 2.45) is 10.2 Å². The van der Waals surface area contributed by atoms with Crippen molar-refractivity contribution in [3.8, 4) is 11.6 Å². The summed E-state index contributed by atoms with van der Waals surface area (Å²) in [5.41, 5.74) is 4.16. The summed E-state index contributed by atoms with van der Waals surface area (Å²) >= 11 is 0. The summed E-state index contributed by atoms with van der Waals surface area (Å²) in [6.07, 6.45) is 9.37. The van der Waals surface area contributed by atoms with Crippen molar-refractivity contribution < 1.29 is 9.84 Å². The van der Waals surface area contributed by atoms with Crippen LogP contribution in [-0.4, -0.2) is 22.2 Å². The second-order valence-electron chi connectivity index (χ2n) is 6.92. The third-order valence-corrected chi connectivity index (χ3v) is 5.02. The molecule has 0 saturated carbocycles. The van der Waals surface area contributed by atoms with Gasteiger partial charge in [-0.3, -0.25) is 4.98 Å². The Labute approximate surface area is 172 Å². The van der Waals surface area contributed by atoms with Crippen LogP contribution < -0.4 is 15.2 Å². The van der Waals surface area contributed by atoms with Gasteiger partial charge in [0.2, 0.25) is 0 Å². The minimum Gasteiger partial charge on any atom is -0.497 e. The van der Waals surface area contributed by atoms with Gasteiger partial charge in [0, 0.05) is 34.1 Å². The molecule has 0 bridgehead atoms. The lowest BCUT2D eigenvalue weighted by molar-refractivity contribution is 0.415. The molecule has 2 aromatic heterocycles. The van der Waals surface area contributed by atoms with Crippen LogP contribution in [0.2, 0.25) is 0 Å². The van der Waals surface area contributed by atoms with Crippen molar-refractivity contribution in [1.29, 1.82) is 0 Å². The zero-order valence-electron chi connectivity index (χ0n) is 16.2. The zero-order chi connectivity index (χ0) is 20.5. The van der Waals surface area contributed by atoms with Crippen LogP contribution in [0.5, 0.6) is 11.6 Å². The first-order valence-corrected chi connectivity index (χ1v) is 9.46. The Balaban J connectivity index is 1.56. The second kappa shape index (κ2) is 7.33. The molecular formula is C24H18N4O2. The van der Waals surface area contributed by atoms with E-state index in [1.54, 1.807) is 19.5 Å². The fraction of sp³-hybridized carbons (Fsp3) is 0.0417. The molecule has 0 saturated heterocycles. The molecule has 30 heavy (non-hydrogen) atoms. The van der Waals surface area contributed by atoms with Crippen LogP contribution in [0, 0.1) is 0 Å². The van der Waals surface area contributed by atoms with Gasteiger partial charge in [-0.25, -0.2) is 0 Å². The van der Waals surface area contributed by atoms with Crippen LogP contribution in [0.25, 0.3) is 28.8 Å². The normalized spacial score (nSPS) is 13.5. The van der Waals surface area contributed by atoms with E-state index in [0.29, 0.717) is 5.56 Å². The maximum atomic E-state index is 10.4. The van der Waals surface area contributed by atoms with E-state index in [2.05, 4.69) is 20.2 Å². The van der Waals surface area contributed by atoms with Gasteiger partial charge in [-0.05, 0) is 59.3 Å². The van der Waals surface area contributed by atoms with Gasteiger partial charge in [0.15, 0.2) is 5.88 Å². The summed E-state index contributed by atoms with van der Waals surface area (Å²) in [7, 11) is 1.62. The maximum Gasteiger partial charge on any atom is 0.196 e. The van der Waals surface area contributed by atoms with Gasteiger partial charge in [-0.2, -0.15) is 0 Å². The van der Waals surface area contributed by atoms with Crippen molar-refractivity contribution in [3.63, 3.8) is 0 Å². The molecule has 5 rings (SSSR count). The van der Waals surface area contributed by atoms with Crippen molar-refractivity contribution >= 4 is 34.4 Å². The SMILES string of the molecule is COc1ccc2[nH]c(O)c(C=c3ccc4c(c3)N=NC=4/C=C/c3cccnc3)c2c1. The molecule has 1 aliphatic heterocycles. The van der Waals surface area contributed by atoms with Crippen LogP contribution >= 0.6 is 0 Å². The summed E-state index contributed by atoms with van der Waals surface area (Å²) < 4.78 is 5.31. The summed E-state index contributed by atoms with van der Waals surface area (Å²) in [5.74, 6) is 0.852. The van der Waals surface area contributed by atoms with Crippen molar-refractivity contribution in [3.05, 3.63) is 88.6 Å². The molecule has 4 aromatic rings. The van der Waals surface area contributed by atoms with Crippen molar-refractivity contribution in [1.82, 2.24) is 9.97 Å². The molecule has 3 heterocycles. The Hall–Kier alpha value is -4.19. The first-order valence-electron chi connectivity index (χ1n) is 9.46. The van der Waals surface area contributed by atoms with Gasteiger partial charge in [0.05, 0.1) is 18.5 Å². The minimum atomic E-state index is 0.118. The van der Waals surface area contributed by atoms with Gasteiger partial charge in [0.1, 0.15) is 5.75 Å². The molecule has 0 radical (unpaired) electrons. The lowest BCUT2D eigenvalue weighted by atomic mass is 10.1. The molecular weight excluding hydrogens is 376 g/mol. The van der Waals surface area contributed by atoms with Gasteiger partial charge in [0.25, 0.3) is 0 Å². The number of H-pyrrole nitrogens is 1. The molecule has 0 amide bonds. The second-order valence-corrected chi connectivity index (χ2v) is 6.92. The monoisotopic (exact) mass is 394 g/mol. The molecule has 0 aliphatic carbocycles. The molecule has 1 aliphatic rings. The van der Waals surface area contributed by atoms with E-state index in [9.17, 15) is 5.11 Å². The highest BCUT2D eigenvalue weighted by molar-refractivity contribution is 5.92. The van der Waals surface area contributed by atoms with Gasteiger partial charge in [-0.15, -0.1) is 10.2 Å². The number of ether oxygens (including phenoxy) is 1. The molecule has 6 heteroatoms. The highest BCUT2D eigenvalue weighted by Crippen LogP contribution is 2.30. The predicted molar refractivity (Wildman–Crippen MR) is 117 cm³/mol. The molecule has 0 fully saturated rings. The third kappa shape index (κ3) is 3.24. The topological polar surface area (TPSA) is 82.9 Å². The number of benzene rings is 2. The van der Waals surface area contributed by atoms with Gasteiger partial charge in [-0.1, -0.05) is 18.2 Å². The van der Waals surface area contributed by atoms with Crippen LogP contribution in [-0.2, 0) is 0 Å². The molecule has 6 nitrogen and oxygen atoms in total. The van der Waals surface area contributed by atoms with Crippen molar-refractivity contribution in [2.45, 2.75) is 0 Å².